The van der Waals surface area contributed by atoms with Gasteiger partial charge >= 0.3 is 7.60 Å². The monoisotopic (exact) mass is 240 g/mol. The van der Waals surface area contributed by atoms with Gasteiger partial charge in [0.05, 0.1) is 11.9 Å². The van der Waals surface area contributed by atoms with Crippen LogP contribution in [0.4, 0.5) is 0 Å². The molecule has 4 heteroatoms. The Bertz CT molecular complexity index is 373. The van der Waals surface area contributed by atoms with Crippen LogP contribution in [0.25, 0.3) is 0 Å². The third-order valence-corrected chi connectivity index (χ3v) is 3.50. The van der Waals surface area contributed by atoms with Crippen LogP contribution in [-0.2, 0) is 9.09 Å². The largest absolute Gasteiger partial charge is 0.359 e. The summed E-state index contributed by atoms with van der Waals surface area (Å²) in [6, 6.07) is 8.42. The van der Waals surface area contributed by atoms with E-state index in [0.29, 0.717) is 5.30 Å². The SMILES string of the molecule is CCCC=CCOP(=O)(O)c1ccccc1. The lowest BCUT2D eigenvalue weighted by Crippen LogP contribution is -2.06. The Labute approximate surface area is 96.3 Å². The second-order valence-corrected chi connectivity index (χ2v) is 5.23. The average Bonchev–Trinajstić information content (AvgIpc) is 2.30. The van der Waals surface area contributed by atoms with Crippen LogP contribution in [0.1, 0.15) is 19.8 Å². The van der Waals surface area contributed by atoms with Gasteiger partial charge in [0.25, 0.3) is 0 Å². The third kappa shape index (κ3) is 4.31. The van der Waals surface area contributed by atoms with Crippen molar-refractivity contribution in [1.82, 2.24) is 0 Å². The van der Waals surface area contributed by atoms with E-state index in [0.717, 1.165) is 12.8 Å². The van der Waals surface area contributed by atoms with Gasteiger partial charge in [-0.15, -0.1) is 0 Å². The third-order valence-electron chi connectivity index (χ3n) is 2.05. The van der Waals surface area contributed by atoms with E-state index in [-0.39, 0.29) is 6.61 Å². The van der Waals surface area contributed by atoms with Crippen molar-refractivity contribution in [3.8, 4) is 0 Å². The molecule has 0 heterocycles. The summed E-state index contributed by atoms with van der Waals surface area (Å²) in [5.74, 6) is 0. The van der Waals surface area contributed by atoms with E-state index < -0.39 is 7.60 Å². The van der Waals surface area contributed by atoms with E-state index in [4.69, 9.17) is 4.52 Å². The fraction of sp³-hybridized carbons (Fsp3) is 0.333. The molecule has 0 aliphatic rings. The zero-order chi connectivity index (χ0) is 11.9. The molecule has 0 saturated carbocycles. The van der Waals surface area contributed by atoms with Crippen LogP contribution in [-0.4, -0.2) is 11.5 Å². The Hall–Kier alpha value is -0.890. The molecule has 0 aliphatic heterocycles. The highest BCUT2D eigenvalue weighted by Crippen LogP contribution is 2.40. The Morgan fingerprint density at radius 3 is 2.62 bits per heavy atom. The molecule has 0 aliphatic carbocycles. The average molecular weight is 240 g/mol. The predicted octanol–water partition coefficient (Wildman–Crippen LogP) is 2.87. The molecule has 16 heavy (non-hydrogen) atoms. The smallest absolute Gasteiger partial charge is 0.321 e. The number of rotatable bonds is 6. The molecule has 0 fully saturated rings. The molecule has 3 nitrogen and oxygen atoms in total. The Balaban J connectivity index is 2.50. The first kappa shape index (κ1) is 13.2. The molecule has 1 aromatic rings. The molecule has 1 aromatic carbocycles. The van der Waals surface area contributed by atoms with Crippen LogP contribution in [0.2, 0.25) is 0 Å². The van der Waals surface area contributed by atoms with E-state index >= 15 is 0 Å². The number of hydrogen-bond acceptors (Lipinski definition) is 2. The van der Waals surface area contributed by atoms with Gasteiger partial charge in [0, 0.05) is 0 Å². The lowest BCUT2D eigenvalue weighted by Gasteiger charge is -2.10. The summed E-state index contributed by atoms with van der Waals surface area (Å²) in [4.78, 5) is 9.64. The van der Waals surface area contributed by atoms with Crippen molar-refractivity contribution in [2.24, 2.45) is 0 Å². The van der Waals surface area contributed by atoms with Crippen molar-refractivity contribution >= 4 is 12.9 Å². The lowest BCUT2D eigenvalue weighted by atomic mass is 10.3. The highest BCUT2D eigenvalue weighted by atomic mass is 31.2. The molecule has 0 aromatic heterocycles. The van der Waals surface area contributed by atoms with Crippen LogP contribution in [0.3, 0.4) is 0 Å². The minimum Gasteiger partial charge on any atom is -0.321 e. The first-order chi connectivity index (χ1) is 7.67. The summed E-state index contributed by atoms with van der Waals surface area (Å²) in [6.45, 7) is 2.24. The predicted molar refractivity (Wildman–Crippen MR) is 65.9 cm³/mol. The molecule has 0 amide bonds. The van der Waals surface area contributed by atoms with Gasteiger partial charge < -0.3 is 9.42 Å². The van der Waals surface area contributed by atoms with Gasteiger partial charge in [-0.1, -0.05) is 43.7 Å². The molecule has 1 rings (SSSR count). The second-order valence-electron chi connectivity index (χ2n) is 3.41. The van der Waals surface area contributed by atoms with Gasteiger partial charge in [-0.2, -0.15) is 0 Å². The van der Waals surface area contributed by atoms with Gasteiger partial charge in [0.15, 0.2) is 0 Å². The zero-order valence-electron chi connectivity index (χ0n) is 9.37. The number of unbranched alkanes of at least 4 members (excludes halogenated alkanes) is 1. The Morgan fingerprint density at radius 1 is 1.31 bits per heavy atom. The number of benzene rings is 1. The molecule has 1 atom stereocenters. The maximum Gasteiger partial charge on any atom is 0.359 e. The van der Waals surface area contributed by atoms with Gasteiger partial charge in [0.2, 0.25) is 0 Å². The first-order valence-corrected chi connectivity index (χ1v) is 6.92. The second kappa shape index (κ2) is 6.64. The van der Waals surface area contributed by atoms with Crippen LogP contribution in [0, 0.1) is 0 Å². The number of allylic oxidation sites excluding steroid dienone is 1. The van der Waals surface area contributed by atoms with E-state index in [1.807, 2.05) is 6.08 Å². The van der Waals surface area contributed by atoms with Crippen LogP contribution in [0.5, 0.6) is 0 Å². The summed E-state index contributed by atoms with van der Waals surface area (Å²) < 4.78 is 16.7. The summed E-state index contributed by atoms with van der Waals surface area (Å²) in [5.41, 5.74) is 0. The first-order valence-electron chi connectivity index (χ1n) is 5.35. The van der Waals surface area contributed by atoms with Gasteiger partial charge in [-0.25, -0.2) is 0 Å². The van der Waals surface area contributed by atoms with Crippen LogP contribution >= 0.6 is 7.60 Å². The van der Waals surface area contributed by atoms with E-state index in [2.05, 4.69) is 6.92 Å². The van der Waals surface area contributed by atoms with Gasteiger partial charge in [0.1, 0.15) is 0 Å². The maximum atomic E-state index is 11.7. The Morgan fingerprint density at radius 2 is 2.00 bits per heavy atom. The van der Waals surface area contributed by atoms with E-state index in [1.54, 1.807) is 36.4 Å². The van der Waals surface area contributed by atoms with Crippen molar-refractivity contribution in [3.63, 3.8) is 0 Å². The minimum absolute atomic E-state index is 0.169. The molecule has 1 unspecified atom stereocenters. The van der Waals surface area contributed by atoms with Crippen molar-refractivity contribution in [2.45, 2.75) is 19.8 Å². The molecule has 1 N–H and O–H groups in total. The maximum absolute atomic E-state index is 11.7. The van der Waals surface area contributed by atoms with Crippen molar-refractivity contribution < 1.29 is 14.0 Å². The summed E-state index contributed by atoms with van der Waals surface area (Å²) in [7, 11) is -3.64. The lowest BCUT2D eigenvalue weighted by molar-refractivity contribution is 0.298. The fourth-order valence-corrected chi connectivity index (χ4v) is 2.17. The molecule has 0 saturated heterocycles. The normalized spacial score (nSPS) is 15.1. The molecular formula is C12H17O3P. The highest BCUT2D eigenvalue weighted by molar-refractivity contribution is 7.61. The molecule has 0 radical (unpaired) electrons. The van der Waals surface area contributed by atoms with Crippen molar-refractivity contribution in [1.29, 1.82) is 0 Å². The molecule has 88 valence electrons. The minimum atomic E-state index is -3.64. The molecule has 0 spiro atoms. The summed E-state index contributed by atoms with van der Waals surface area (Å²) >= 11 is 0. The highest BCUT2D eigenvalue weighted by Gasteiger charge is 2.20. The van der Waals surface area contributed by atoms with Crippen molar-refractivity contribution in [2.75, 3.05) is 6.61 Å². The van der Waals surface area contributed by atoms with E-state index in [1.165, 1.54) is 0 Å². The van der Waals surface area contributed by atoms with Crippen molar-refractivity contribution in [3.05, 3.63) is 42.5 Å². The van der Waals surface area contributed by atoms with E-state index in [9.17, 15) is 9.46 Å². The van der Waals surface area contributed by atoms with Crippen LogP contribution in [0.15, 0.2) is 42.5 Å². The zero-order valence-corrected chi connectivity index (χ0v) is 10.3. The standard InChI is InChI=1S/C12H17O3P/c1-2-3-4-8-11-15-16(13,14)12-9-6-5-7-10-12/h4-10H,2-3,11H2,1H3,(H,13,14). The topological polar surface area (TPSA) is 46.5 Å². The van der Waals surface area contributed by atoms with Gasteiger partial charge in [-0.3, -0.25) is 4.57 Å². The Kier molecular flexibility index (Phi) is 5.47. The number of hydrogen-bond donors (Lipinski definition) is 1. The van der Waals surface area contributed by atoms with Crippen LogP contribution < -0.4 is 5.30 Å². The quantitative estimate of drug-likeness (QED) is 0.614. The fourth-order valence-electron chi connectivity index (χ4n) is 1.19. The summed E-state index contributed by atoms with van der Waals surface area (Å²) in [5, 5.41) is 0.332. The van der Waals surface area contributed by atoms with Gasteiger partial charge in [-0.05, 0) is 18.6 Å². The molecular weight excluding hydrogens is 223 g/mol. The summed E-state index contributed by atoms with van der Waals surface area (Å²) in [6.07, 6.45) is 5.75. The molecule has 0 bridgehead atoms.